The minimum atomic E-state index is 0.384. The van der Waals surface area contributed by atoms with Crippen molar-refractivity contribution in [1.82, 2.24) is 4.98 Å². The van der Waals surface area contributed by atoms with Crippen molar-refractivity contribution in [3.05, 3.63) is 34.9 Å². The molecule has 0 atom stereocenters. The smallest absolute Gasteiger partial charge is 0.224 e. The molecule has 1 aromatic carbocycles. The van der Waals surface area contributed by atoms with Gasteiger partial charge in [0.05, 0.1) is 18.2 Å². The van der Waals surface area contributed by atoms with Gasteiger partial charge >= 0.3 is 0 Å². The van der Waals surface area contributed by atoms with E-state index in [0.717, 1.165) is 28.3 Å². The Balaban J connectivity index is 2.83. The molecule has 82 valence electrons. The Morgan fingerprint density at radius 1 is 1.25 bits per heavy atom. The van der Waals surface area contributed by atoms with E-state index in [1.807, 2.05) is 26.0 Å². The van der Waals surface area contributed by atoms with Crippen molar-refractivity contribution in [2.24, 2.45) is 0 Å². The third kappa shape index (κ3) is 1.65. The Kier molecular flexibility index (Phi) is 2.60. The first-order valence-electron chi connectivity index (χ1n) is 5.07. The summed E-state index contributed by atoms with van der Waals surface area (Å²) in [6.07, 6.45) is 0.767. The van der Waals surface area contributed by atoms with Crippen molar-refractivity contribution in [1.29, 1.82) is 0 Å². The fraction of sp³-hybridized carbons (Fsp3) is 0.231. The normalized spacial score (nSPS) is 10.4. The van der Waals surface area contributed by atoms with Crippen LogP contribution in [0.5, 0.6) is 5.88 Å². The van der Waals surface area contributed by atoms with Gasteiger partial charge in [0.15, 0.2) is 6.29 Å². The SMILES string of the molecule is COc1nc2c(C)cc(C)cc2cc1C=O. The van der Waals surface area contributed by atoms with E-state index in [-0.39, 0.29) is 0 Å². The number of pyridine rings is 1. The average molecular weight is 215 g/mol. The number of ether oxygens (including phenoxy) is 1. The molecule has 16 heavy (non-hydrogen) atoms. The first-order valence-corrected chi connectivity index (χ1v) is 5.07. The zero-order chi connectivity index (χ0) is 11.7. The van der Waals surface area contributed by atoms with E-state index in [1.54, 1.807) is 0 Å². The number of carbonyl (C=O) groups is 1. The van der Waals surface area contributed by atoms with Crippen LogP contribution in [0.2, 0.25) is 0 Å². The van der Waals surface area contributed by atoms with Gasteiger partial charge in [-0.3, -0.25) is 4.79 Å². The molecular formula is C13H13NO2. The molecule has 0 bridgehead atoms. The number of aldehydes is 1. The second-order valence-corrected chi connectivity index (χ2v) is 3.86. The van der Waals surface area contributed by atoms with Gasteiger partial charge in [0.25, 0.3) is 0 Å². The molecule has 1 aromatic heterocycles. The molecule has 0 saturated carbocycles. The Morgan fingerprint density at radius 2 is 2.00 bits per heavy atom. The van der Waals surface area contributed by atoms with Crippen molar-refractivity contribution in [2.45, 2.75) is 13.8 Å². The number of hydrogen-bond donors (Lipinski definition) is 0. The fourth-order valence-electron chi connectivity index (χ4n) is 1.90. The molecule has 0 amide bonds. The van der Waals surface area contributed by atoms with Gasteiger partial charge < -0.3 is 4.74 Å². The summed E-state index contributed by atoms with van der Waals surface area (Å²) < 4.78 is 5.09. The summed E-state index contributed by atoms with van der Waals surface area (Å²) >= 11 is 0. The predicted molar refractivity (Wildman–Crippen MR) is 63.2 cm³/mol. The first kappa shape index (κ1) is 10.6. The van der Waals surface area contributed by atoms with Crippen molar-refractivity contribution in [2.75, 3.05) is 7.11 Å². The quantitative estimate of drug-likeness (QED) is 0.723. The summed E-state index contributed by atoms with van der Waals surface area (Å²) in [4.78, 5) is 15.2. The van der Waals surface area contributed by atoms with Gasteiger partial charge in [-0.15, -0.1) is 0 Å². The molecule has 3 heteroatoms. The van der Waals surface area contributed by atoms with Crippen LogP contribution in [-0.2, 0) is 0 Å². The van der Waals surface area contributed by atoms with Gasteiger partial charge in [-0.05, 0) is 31.5 Å². The number of carbonyl (C=O) groups excluding carboxylic acids is 1. The lowest BCUT2D eigenvalue weighted by molar-refractivity contribution is 0.112. The van der Waals surface area contributed by atoms with Gasteiger partial charge in [0.2, 0.25) is 5.88 Å². The summed E-state index contributed by atoms with van der Waals surface area (Å²) in [5.41, 5.74) is 3.62. The molecule has 0 radical (unpaired) electrons. The van der Waals surface area contributed by atoms with Crippen molar-refractivity contribution in [3.63, 3.8) is 0 Å². The first-order chi connectivity index (χ1) is 7.65. The Labute approximate surface area is 94.1 Å². The van der Waals surface area contributed by atoms with E-state index < -0.39 is 0 Å². The van der Waals surface area contributed by atoms with Crippen molar-refractivity contribution >= 4 is 17.2 Å². The van der Waals surface area contributed by atoms with Crippen LogP contribution in [-0.4, -0.2) is 18.4 Å². The molecule has 0 fully saturated rings. The van der Waals surface area contributed by atoms with E-state index in [9.17, 15) is 4.79 Å². The molecule has 0 unspecified atom stereocenters. The highest BCUT2D eigenvalue weighted by molar-refractivity contribution is 5.90. The van der Waals surface area contributed by atoms with Gasteiger partial charge in [0, 0.05) is 5.39 Å². The largest absolute Gasteiger partial charge is 0.480 e. The number of hydrogen-bond acceptors (Lipinski definition) is 3. The molecule has 0 N–H and O–H groups in total. The predicted octanol–water partition coefficient (Wildman–Crippen LogP) is 2.67. The second kappa shape index (κ2) is 3.93. The highest BCUT2D eigenvalue weighted by Gasteiger charge is 2.08. The number of fused-ring (bicyclic) bond motifs is 1. The van der Waals surface area contributed by atoms with Gasteiger partial charge in [0.1, 0.15) is 0 Å². The third-order valence-corrected chi connectivity index (χ3v) is 2.57. The topological polar surface area (TPSA) is 39.2 Å². The monoisotopic (exact) mass is 215 g/mol. The van der Waals surface area contributed by atoms with Crippen LogP contribution in [0.25, 0.3) is 10.9 Å². The van der Waals surface area contributed by atoms with Crippen LogP contribution in [0.4, 0.5) is 0 Å². The maximum absolute atomic E-state index is 10.9. The van der Waals surface area contributed by atoms with Crippen LogP contribution in [0.15, 0.2) is 18.2 Å². The number of rotatable bonds is 2. The average Bonchev–Trinajstić information content (AvgIpc) is 2.27. The van der Waals surface area contributed by atoms with Crippen LogP contribution < -0.4 is 4.74 Å². The fourth-order valence-corrected chi connectivity index (χ4v) is 1.90. The molecule has 2 rings (SSSR count). The minimum Gasteiger partial charge on any atom is -0.480 e. The third-order valence-electron chi connectivity index (χ3n) is 2.57. The van der Waals surface area contributed by atoms with Crippen LogP contribution >= 0.6 is 0 Å². The molecule has 0 aliphatic rings. The lowest BCUT2D eigenvalue weighted by Crippen LogP contribution is -1.96. The minimum absolute atomic E-state index is 0.384. The highest BCUT2D eigenvalue weighted by atomic mass is 16.5. The molecule has 0 aliphatic carbocycles. The van der Waals surface area contributed by atoms with E-state index in [0.29, 0.717) is 11.4 Å². The standard InChI is InChI=1S/C13H13NO2/c1-8-4-9(2)12-10(5-8)6-11(7-15)13(14-12)16-3/h4-7H,1-3H3. The zero-order valence-corrected chi connectivity index (χ0v) is 9.57. The number of aromatic nitrogens is 1. The lowest BCUT2D eigenvalue weighted by atomic mass is 10.1. The summed E-state index contributed by atoms with van der Waals surface area (Å²) in [5, 5.41) is 0.973. The molecule has 0 spiro atoms. The van der Waals surface area contributed by atoms with Crippen LogP contribution in [0.1, 0.15) is 21.5 Å². The molecule has 2 aromatic rings. The summed E-state index contributed by atoms with van der Waals surface area (Å²) in [6.45, 7) is 4.03. The highest BCUT2D eigenvalue weighted by Crippen LogP contribution is 2.24. The van der Waals surface area contributed by atoms with E-state index in [1.165, 1.54) is 7.11 Å². The molecule has 0 aliphatic heterocycles. The van der Waals surface area contributed by atoms with Crippen molar-refractivity contribution < 1.29 is 9.53 Å². The molecule has 3 nitrogen and oxygen atoms in total. The van der Waals surface area contributed by atoms with E-state index >= 15 is 0 Å². The van der Waals surface area contributed by atoms with E-state index in [2.05, 4.69) is 11.1 Å². The Hall–Kier alpha value is -1.90. The van der Waals surface area contributed by atoms with Crippen molar-refractivity contribution in [3.8, 4) is 5.88 Å². The maximum Gasteiger partial charge on any atom is 0.224 e. The molecular weight excluding hydrogens is 202 g/mol. The van der Waals surface area contributed by atoms with Crippen LogP contribution in [0.3, 0.4) is 0 Å². The molecule has 0 saturated heterocycles. The number of aryl methyl sites for hydroxylation is 2. The zero-order valence-electron chi connectivity index (χ0n) is 9.57. The lowest BCUT2D eigenvalue weighted by Gasteiger charge is -2.07. The number of benzene rings is 1. The summed E-state index contributed by atoms with van der Waals surface area (Å²) in [5.74, 6) is 0.384. The number of nitrogens with zero attached hydrogens (tertiary/aromatic N) is 1. The summed E-state index contributed by atoms with van der Waals surface area (Å²) in [6, 6.07) is 5.89. The second-order valence-electron chi connectivity index (χ2n) is 3.86. The molecule has 1 heterocycles. The Bertz CT molecular complexity index is 561. The van der Waals surface area contributed by atoms with Gasteiger partial charge in [-0.2, -0.15) is 0 Å². The van der Waals surface area contributed by atoms with Gasteiger partial charge in [-0.25, -0.2) is 4.98 Å². The number of methoxy groups -OCH3 is 1. The van der Waals surface area contributed by atoms with Crippen LogP contribution in [0, 0.1) is 13.8 Å². The Morgan fingerprint density at radius 3 is 2.62 bits per heavy atom. The maximum atomic E-state index is 10.9. The van der Waals surface area contributed by atoms with Gasteiger partial charge in [-0.1, -0.05) is 11.6 Å². The summed E-state index contributed by atoms with van der Waals surface area (Å²) in [7, 11) is 1.52. The van der Waals surface area contributed by atoms with E-state index in [4.69, 9.17) is 4.74 Å².